The molecule has 0 bridgehead atoms. The molecule has 12 aromatic rings. The summed E-state index contributed by atoms with van der Waals surface area (Å²) in [4.78, 5) is 11.3. The van der Waals surface area contributed by atoms with Gasteiger partial charge >= 0.3 is 0 Å². The molecule has 0 atom stereocenters. The summed E-state index contributed by atoms with van der Waals surface area (Å²) < 4.78 is 24.5. The minimum absolute atomic E-state index is 0.287. The highest BCUT2D eigenvalue weighted by Crippen LogP contribution is 2.47. The third kappa shape index (κ3) is 4.11. The summed E-state index contributed by atoms with van der Waals surface area (Å²) in [6.07, 6.45) is 0. The Labute approximate surface area is 311 Å². The van der Waals surface area contributed by atoms with Crippen LogP contribution in [-0.4, -0.2) is 14.5 Å². The van der Waals surface area contributed by atoms with Gasteiger partial charge in [-0.3, -0.25) is 0 Å². The molecule has 4 aromatic heterocycles. The van der Waals surface area contributed by atoms with Crippen LogP contribution in [0.3, 0.4) is 0 Å². The number of nitrogens with zero attached hydrogens (tertiary/aromatic N) is 3. The van der Waals surface area contributed by atoms with E-state index in [1.807, 2.05) is 12.1 Å². The molecule has 4 nitrogen and oxygen atoms in total. The third-order valence-electron chi connectivity index (χ3n) is 10.9. The van der Waals surface area contributed by atoms with Crippen LogP contribution in [-0.2, 0) is 0 Å². The molecule has 4 heterocycles. The van der Waals surface area contributed by atoms with Crippen molar-refractivity contribution in [2.24, 2.45) is 0 Å². The predicted octanol–water partition coefficient (Wildman–Crippen LogP) is 13.6. The smallest absolute Gasteiger partial charge is 0.160 e. The minimum Gasteiger partial charge on any atom is -0.454 e. The SMILES string of the molecule is Fc1ccc(-c2nc3c(nc2-c2ccc(-n4c5ccccc5c5c6ccccc6c6c(oc7ccc8ccccc8c76)c54)cc2)sc2ccccc23)cc1. The van der Waals surface area contributed by atoms with Crippen LogP contribution in [0.5, 0.6) is 0 Å². The fraction of sp³-hybridized carbons (Fsp3) is 0. The summed E-state index contributed by atoms with van der Waals surface area (Å²) >= 11 is 1.64. The van der Waals surface area contributed by atoms with Gasteiger partial charge in [-0.05, 0) is 76.1 Å². The average molecular weight is 712 g/mol. The largest absolute Gasteiger partial charge is 0.454 e. The molecule has 0 aliphatic rings. The Morgan fingerprint density at radius 1 is 0.519 bits per heavy atom. The number of aromatic nitrogens is 3. The number of fused-ring (bicyclic) bond motifs is 15. The summed E-state index contributed by atoms with van der Waals surface area (Å²) in [7, 11) is 0. The number of benzene rings is 8. The van der Waals surface area contributed by atoms with Gasteiger partial charge in [0.05, 0.1) is 22.4 Å². The van der Waals surface area contributed by atoms with E-state index in [9.17, 15) is 4.39 Å². The van der Waals surface area contributed by atoms with Crippen molar-refractivity contribution in [3.63, 3.8) is 0 Å². The molecule has 0 saturated carbocycles. The molecule has 0 fully saturated rings. The van der Waals surface area contributed by atoms with Crippen molar-refractivity contribution in [1.29, 1.82) is 0 Å². The topological polar surface area (TPSA) is 43.9 Å². The number of hydrogen-bond acceptors (Lipinski definition) is 4. The molecule has 252 valence electrons. The van der Waals surface area contributed by atoms with Crippen molar-refractivity contribution in [3.05, 3.63) is 164 Å². The van der Waals surface area contributed by atoms with Gasteiger partial charge in [-0.15, -0.1) is 11.3 Å². The van der Waals surface area contributed by atoms with Crippen molar-refractivity contribution < 1.29 is 8.81 Å². The highest BCUT2D eigenvalue weighted by atomic mass is 32.1. The number of hydrogen-bond donors (Lipinski definition) is 0. The number of thiophene rings is 1. The lowest BCUT2D eigenvalue weighted by Crippen LogP contribution is -1.97. The van der Waals surface area contributed by atoms with Crippen molar-refractivity contribution >= 4 is 97.1 Å². The molecule has 0 radical (unpaired) electrons. The first-order valence-corrected chi connectivity index (χ1v) is 18.8. The van der Waals surface area contributed by atoms with Crippen LogP contribution < -0.4 is 0 Å². The fourth-order valence-corrected chi connectivity index (χ4v) is 9.53. The van der Waals surface area contributed by atoms with E-state index in [1.165, 1.54) is 44.5 Å². The first kappa shape index (κ1) is 29.7. The highest BCUT2D eigenvalue weighted by molar-refractivity contribution is 7.25. The first-order chi connectivity index (χ1) is 26.7. The lowest BCUT2D eigenvalue weighted by atomic mass is 9.96. The summed E-state index contributed by atoms with van der Waals surface area (Å²) in [5, 5.41) is 10.4. The molecule has 0 unspecified atom stereocenters. The molecular formula is C48H26FN3OS. The Hall–Kier alpha value is -6.89. The summed E-state index contributed by atoms with van der Waals surface area (Å²) in [5.41, 5.74) is 8.96. The maximum atomic E-state index is 14.1. The average Bonchev–Trinajstić information content (AvgIpc) is 3.91. The van der Waals surface area contributed by atoms with Gasteiger partial charge < -0.3 is 8.98 Å². The molecule has 12 rings (SSSR count). The number of halogens is 1. The number of rotatable bonds is 3. The second-order valence-electron chi connectivity index (χ2n) is 13.8. The van der Waals surface area contributed by atoms with E-state index in [4.69, 9.17) is 14.4 Å². The van der Waals surface area contributed by atoms with Crippen LogP contribution in [0.1, 0.15) is 0 Å². The second-order valence-corrected chi connectivity index (χ2v) is 14.8. The van der Waals surface area contributed by atoms with Gasteiger partial charge in [0, 0.05) is 48.4 Å². The molecule has 0 saturated heterocycles. The Balaban J connectivity index is 1.14. The van der Waals surface area contributed by atoms with E-state index in [-0.39, 0.29) is 5.82 Å². The fourth-order valence-electron chi connectivity index (χ4n) is 8.51. The van der Waals surface area contributed by atoms with Crippen LogP contribution in [0.25, 0.3) is 114 Å². The van der Waals surface area contributed by atoms with Crippen molar-refractivity contribution in [2.45, 2.75) is 0 Å². The van der Waals surface area contributed by atoms with Gasteiger partial charge in [0.1, 0.15) is 21.7 Å². The van der Waals surface area contributed by atoms with Crippen LogP contribution in [0.15, 0.2) is 162 Å². The van der Waals surface area contributed by atoms with Crippen LogP contribution >= 0.6 is 11.3 Å². The van der Waals surface area contributed by atoms with Crippen molar-refractivity contribution in [2.75, 3.05) is 0 Å². The molecule has 54 heavy (non-hydrogen) atoms. The van der Waals surface area contributed by atoms with Gasteiger partial charge in [0.25, 0.3) is 0 Å². The van der Waals surface area contributed by atoms with E-state index in [0.29, 0.717) is 0 Å². The molecule has 0 aliphatic heterocycles. The predicted molar refractivity (Wildman–Crippen MR) is 222 cm³/mol. The molecule has 0 spiro atoms. The Morgan fingerprint density at radius 2 is 1.15 bits per heavy atom. The van der Waals surface area contributed by atoms with Crippen molar-refractivity contribution in [3.8, 4) is 28.2 Å². The Kier molecular flexibility index (Phi) is 6.07. The minimum atomic E-state index is -0.287. The summed E-state index contributed by atoms with van der Waals surface area (Å²) in [5.74, 6) is -0.287. The zero-order chi connectivity index (χ0) is 35.5. The zero-order valence-corrected chi connectivity index (χ0v) is 29.4. The maximum absolute atomic E-state index is 14.1. The van der Waals surface area contributed by atoms with E-state index in [2.05, 4.69) is 126 Å². The standard InChI is InChI=1S/C48H26FN3OS/c49-30-22-17-28(18-23-30)43-44(51-48-45(50-43)36-14-6-8-16-39(36)54-48)29-19-24-31(25-20-29)52-37-15-7-5-13-35(37)40-33-11-3-4-12-34(33)42-41-32-10-2-1-9-27(32)21-26-38(41)53-47(42)46(40)52/h1-26H. The van der Waals surface area contributed by atoms with Gasteiger partial charge in [0.15, 0.2) is 5.58 Å². The van der Waals surface area contributed by atoms with Crippen LogP contribution in [0.2, 0.25) is 0 Å². The summed E-state index contributed by atoms with van der Waals surface area (Å²) in [6, 6.07) is 53.4. The molecule has 0 N–H and O–H groups in total. The quantitative estimate of drug-likeness (QED) is 0.183. The van der Waals surface area contributed by atoms with Gasteiger partial charge in [-0.1, -0.05) is 103 Å². The molecule has 6 heteroatoms. The number of para-hydroxylation sites is 1. The highest BCUT2D eigenvalue weighted by Gasteiger charge is 2.24. The van der Waals surface area contributed by atoms with Gasteiger partial charge in [0.2, 0.25) is 0 Å². The van der Waals surface area contributed by atoms with Crippen LogP contribution in [0.4, 0.5) is 4.39 Å². The van der Waals surface area contributed by atoms with E-state index >= 15 is 0 Å². The maximum Gasteiger partial charge on any atom is 0.160 e. The molecule has 0 aliphatic carbocycles. The second kappa shape index (κ2) is 11.1. The lowest BCUT2D eigenvalue weighted by molar-refractivity contribution is 0.628. The van der Waals surface area contributed by atoms with Crippen molar-refractivity contribution in [1.82, 2.24) is 14.5 Å². The van der Waals surface area contributed by atoms with Gasteiger partial charge in [-0.25, -0.2) is 14.4 Å². The Morgan fingerprint density at radius 3 is 1.94 bits per heavy atom. The summed E-state index contributed by atoms with van der Waals surface area (Å²) in [6.45, 7) is 0. The zero-order valence-electron chi connectivity index (χ0n) is 28.5. The van der Waals surface area contributed by atoms with E-state index in [0.717, 1.165) is 81.6 Å². The first-order valence-electron chi connectivity index (χ1n) is 17.9. The molecule has 8 aromatic carbocycles. The lowest BCUT2D eigenvalue weighted by Gasteiger charge is -2.12. The molecular weight excluding hydrogens is 686 g/mol. The Bertz CT molecular complexity index is 3500. The monoisotopic (exact) mass is 711 g/mol. The molecule has 0 amide bonds. The number of furan rings is 1. The third-order valence-corrected chi connectivity index (χ3v) is 11.9. The van der Waals surface area contributed by atoms with E-state index in [1.54, 1.807) is 23.5 Å². The van der Waals surface area contributed by atoms with Gasteiger partial charge in [-0.2, -0.15) is 0 Å². The normalized spacial score (nSPS) is 12.2. The van der Waals surface area contributed by atoms with Crippen LogP contribution in [0, 0.1) is 5.82 Å². The van der Waals surface area contributed by atoms with E-state index < -0.39 is 0 Å².